The Morgan fingerprint density at radius 2 is 1.96 bits per heavy atom. The SMILES string of the molecule is CCN(C(=O)c1ccnc(N2CCC3(CC2)OCCO3)n1)c1cccc(C)c1. The van der Waals surface area contributed by atoms with Gasteiger partial charge in [-0.25, -0.2) is 9.97 Å². The molecular formula is C21H26N4O3. The Balaban J connectivity index is 1.51. The number of piperidine rings is 1. The van der Waals surface area contributed by atoms with Crippen molar-refractivity contribution in [3.8, 4) is 0 Å². The minimum Gasteiger partial charge on any atom is -0.347 e. The summed E-state index contributed by atoms with van der Waals surface area (Å²) in [6.45, 7) is 7.36. The van der Waals surface area contributed by atoms with Gasteiger partial charge in [0.2, 0.25) is 5.95 Å². The van der Waals surface area contributed by atoms with Crippen LogP contribution in [-0.4, -0.2) is 54.5 Å². The molecule has 0 radical (unpaired) electrons. The van der Waals surface area contributed by atoms with Crippen molar-refractivity contribution < 1.29 is 14.3 Å². The topological polar surface area (TPSA) is 67.8 Å². The second-order valence-corrected chi connectivity index (χ2v) is 7.22. The number of aryl methyl sites for hydroxylation is 1. The van der Waals surface area contributed by atoms with Gasteiger partial charge in [-0.3, -0.25) is 4.79 Å². The predicted molar refractivity (Wildman–Crippen MR) is 107 cm³/mol. The molecule has 2 saturated heterocycles. The Labute approximate surface area is 165 Å². The highest BCUT2D eigenvalue weighted by Gasteiger charge is 2.40. The number of carbonyl (C=O) groups excluding carboxylic acids is 1. The normalized spacial score (nSPS) is 18.4. The van der Waals surface area contributed by atoms with Gasteiger partial charge in [0, 0.05) is 44.4 Å². The van der Waals surface area contributed by atoms with E-state index < -0.39 is 5.79 Å². The van der Waals surface area contributed by atoms with Crippen molar-refractivity contribution >= 4 is 17.5 Å². The molecule has 4 rings (SSSR count). The van der Waals surface area contributed by atoms with Crippen LogP contribution in [0.3, 0.4) is 0 Å². The number of nitrogens with zero attached hydrogens (tertiary/aromatic N) is 4. The molecular weight excluding hydrogens is 356 g/mol. The van der Waals surface area contributed by atoms with Gasteiger partial charge in [-0.1, -0.05) is 12.1 Å². The van der Waals surface area contributed by atoms with Crippen molar-refractivity contribution in [3.05, 3.63) is 47.8 Å². The van der Waals surface area contributed by atoms with Gasteiger partial charge < -0.3 is 19.3 Å². The third-order valence-electron chi connectivity index (χ3n) is 5.36. The van der Waals surface area contributed by atoms with Gasteiger partial charge in [0.05, 0.1) is 13.2 Å². The van der Waals surface area contributed by atoms with Crippen LogP contribution in [0.15, 0.2) is 36.5 Å². The van der Waals surface area contributed by atoms with Crippen LogP contribution in [0.5, 0.6) is 0 Å². The van der Waals surface area contributed by atoms with Gasteiger partial charge in [0.25, 0.3) is 5.91 Å². The average molecular weight is 382 g/mol. The van der Waals surface area contributed by atoms with Crippen LogP contribution in [0.4, 0.5) is 11.6 Å². The first kappa shape index (κ1) is 18.8. The Morgan fingerprint density at radius 1 is 1.21 bits per heavy atom. The van der Waals surface area contributed by atoms with E-state index in [9.17, 15) is 4.79 Å². The Bertz CT molecular complexity index is 841. The zero-order valence-corrected chi connectivity index (χ0v) is 16.4. The maximum absolute atomic E-state index is 13.1. The zero-order chi connectivity index (χ0) is 19.6. The van der Waals surface area contributed by atoms with Crippen LogP contribution in [0.2, 0.25) is 0 Å². The third kappa shape index (κ3) is 3.72. The monoisotopic (exact) mass is 382 g/mol. The summed E-state index contributed by atoms with van der Waals surface area (Å²) in [6.07, 6.45) is 3.21. The van der Waals surface area contributed by atoms with Gasteiger partial charge >= 0.3 is 0 Å². The first-order valence-corrected chi connectivity index (χ1v) is 9.85. The fourth-order valence-electron chi connectivity index (χ4n) is 3.83. The predicted octanol–water partition coefficient (Wildman–Crippen LogP) is 2.80. The number of anilines is 2. The molecule has 0 atom stereocenters. The number of hydrogen-bond acceptors (Lipinski definition) is 6. The molecule has 0 saturated carbocycles. The molecule has 0 bridgehead atoms. The maximum atomic E-state index is 13.1. The van der Waals surface area contributed by atoms with E-state index in [0.717, 1.165) is 37.2 Å². The fraction of sp³-hybridized carbons (Fsp3) is 0.476. The second-order valence-electron chi connectivity index (χ2n) is 7.22. The molecule has 0 aliphatic carbocycles. The molecule has 0 N–H and O–H groups in total. The molecule has 148 valence electrons. The third-order valence-corrected chi connectivity index (χ3v) is 5.36. The van der Waals surface area contributed by atoms with E-state index in [2.05, 4.69) is 14.9 Å². The molecule has 1 spiro atoms. The number of carbonyl (C=O) groups is 1. The van der Waals surface area contributed by atoms with Crippen LogP contribution >= 0.6 is 0 Å². The quantitative estimate of drug-likeness (QED) is 0.810. The Morgan fingerprint density at radius 3 is 2.64 bits per heavy atom. The molecule has 7 heteroatoms. The standard InChI is InChI=1S/C21H26N4O3/c1-3-25(17-6-4-5-16(2)15-17)19(26)18-7-10-22-20(23-18)24-11-8-21(9-12-24)27-13-14-28-21/h4-7,10,15H,3,8-9,11-14H2,1-2H3. The summed E-state index contributed by atoms with van der Waals surface area (Å²) in [7, 11) is 0. The molecule has 28 heavy (non-hydrogen) atoms. The number of amides is 1. The van der Waals surface area contributed by atoms with Crippen molar-refractivity contribution in [1.29, 1.82) is 0 Å². The summed E-state index contributed by atoms with van der Waals surface area (Å²) in [6, 6.07) is 9.62. The van der Waals surface area contributed by atoms with E-state index in [4.69, 9.17) is 9.47 Å². The zero-order valence-electron chi connectivity index (χ0n) is 16.4. The minimum atomic E-state index is -0.436. The van der Waals surface area contributed by atoms with Gasteiger partial charge in [0.1, 0.15) is 5.69 Å². The average Bonchev–Trinajstić information content (AvgIpc) is 3.17. The molecule has 3 heterocycles. The molecule has 1 aromatic carbocycles. The lowest BCUT2D eigenvalue weighted by Crippen LogP contribution is -2.45. The fourth-order valence-corrected chi connectivity index (χ4v) is 3.83. The van der Waals surface area contributed by atoms with Crippen molar-refractivity contribution in [2.24, 2.45) is 0 Å². The van der Waals surface area contributed by atoms with E-state index in [1.165, 1.54) is 0 Å². The molecule has 2 aliphatic rings. The number of aromatic nitrogens is 2. The van der Waals surface area contributed by atoms with Crippen molar-refractivity contribution in [1.82, 2.24) is 9.97 Å². The largest absolute Gasteiger partial charge is 0.347 e. The summed E-state index contributed by atoms with van der Waals surface area (Å²) in [4.78, 5) is 25.9. The Hall–Kier alpha value is -2.51. The van der Waals surface area contributed by atoms with Gasteiger partial charge in [-0.15, -0.1) is 0 Å². The van der Waals surface area contributed by atoms with Gasteiger partial charge in [-0.05, 0) is 37.6 Å². The molecule has 0 unspecified atom stereocenters. The lowest BCUT2D eigenvalue weighted by atomic mass is 10.0. The lowest BCUT2D eigenvalue weighted by molar-refractivity contribution is -0.169. The highest BCUT2D eigenvalue weighted by molar-refractivity contribution is 6.04. The van der Waals surface area contributed by atoms with Crippen LogP contribution in [0.25, 0.3) is 0 Å². The van der Waals surface area contributed by atoms with Crippen LogP contribution < -0.4 is 9.80 Å². The van der Waals surface area contributed by atoms with Gasteiger partial charge in [0.15, 0.2) is 5.79 Å². The number of ether oxygens (including phenoxy) is 2. The van der Waals surface area contributed by atoms with Crippen LogP contribution in [0, 0.1) is 6.92 Å². The first-order chi connectivity index (χ1) is 13.6. The van der Waals surface area contributed by atoms with E-state index >= 15 is 0 Å². The van der Waals surface area contributed by atoms with Crippen molar-refractivity contribution in [3.63, 3.8) is 0 Å². The summed E-state index contributed by atoms with van der Waals surface area (Å²) < 4.78 is 11.6. The number of rotatable bonds is 4. The molecule has 1 aromatic heterocycles. The molecule has 2 aliphatic heterocycles. The minimum absolute atomic E-state index is 0.118. The highest BCUT2D eigenvalue weighted by atomic mass is 16.7. The second kappa shape index (κ2) is 7.85. The van der Waals surface area contributed by atoms with E-state index in [1.807, 2.05) is 38.1 Å². The van der Waals surface area contributed by atoms with Gasteiger partial charge in [-0.2, -0.15) is 0 Å². The molecule has 1 amide bonds. The molecule has 7 nitrogen and oxygen atoms in total. The van der Waals surface area contributed by atoms with Crippen LogP contribution in [0.1, 0.15) is 35.8 Å². The summed E-state index contributed by atoms with van der Waals surface area (Å²) in [5.41, 5.74) is 2.40. The summed E-state index contributed by atoms with van der Waals surface area (Å²) >= 11 is 0. The van der Waals surface area contributed by atoms with Crippen molar-refractivity contribution in [2.75, 3.05) is 42.6 Å². The smallest absolute Gasteiger partial charge is 0.277 e. The summed E-state index contributed by atoms with van der Waals surface area (Å²) in [5, 5.41) is 0. The first-order valence-electron chi connectivity index (χ1n) is 9.85. The molecule has 2 fully saturated rings. The van der Waals surface area contributed by atoms with E-state index in [0.29, 0.717) is 31.4 Å². The molecule has 2 aromatic rings. The van der Waals surface area contributed by atoms with Crippen LogP contribution in [-0.2, 0) is 9.47 Å². The Kier molecular flexibility index (Phi) is 5.28. The van der Waals surface area contributed by atoms with E-state index in [1.54, 1.807) is 17.2 Å². The highest BCUT2D eigenvalue weighted by Crippen LogP contribution is 2.32. The van der Waals surface area contributed by atoms with E-state index in [-0.39, 0.29) is 5.91 Å². The maximum Gasteiger partial charge on any atom is 0.277 e. The number of benzene rings is 1. The summed E-state index contributed by atoms with van der Waals surface area (Å²) in [5.74, 6) is 0.0281. The van der Waals surface area contributed by atoms with Crippen molar-refractivity contribution in [2.45, 2.75) is 32.5 Å². The number of hydrogen-bond donors (Lipinski definition) is 0. The lowest BCUT2D eigenvalue weighted by Gasteiger charge is -2.37.